The predicted octanol–water partition coefficient (Wildman–Crippen LogP) is 2.38. The van der Waals surface area contributed by atoms with Crippen molar-refractivity contribution in [2.24, 2.45) is 0 Å². The third kappa shape index (κ3) is 5.81. The topological polar surface area (TPSA) is 39.1 Å². The summed E-state index contributed by atoms with van der Waals surface area (Å²) in [5, 5.41) is 12.3. The highest BCUT2D eigenvalue weighted by Gasteiger charge is 2.01. The van der Waals surface area contributed by atoms with Crippen molar-refractivity contribution in [1.29, 1.82) is 5.26 Å². The standard InChI is InChI=1S/C15H23N3/c1-13(2)17-8-5-9-18(3)12-15-7-4-6-14(10-15)11-16/h4,6-7,10,13,17H,5,8-9,12H2,1-3H3. The number of rotatable bonds is 7. The Hall–Kier alpha value is -1.37. The lowest BCUT2D eigenvalue weighted by Crippen LogP contribution is -2.27. The zero-order valence-electron chi connectivity index (χ0n) is 11.6. The molecule has 0 heterocycles. The van der Waals surface area contributed by atoms with Crippen molar-refractivity contribution in [2.45, 2.75) is 32.9 Å². The quantitative estimate of drug-likeness (QED) is 0.750. The average Bonchev–Trinajstić information content (AvgIpc) is 2.34. The largest absolute Gasteiger partial charge is 0.314 e. The van der Waals surface area contributed by atoms with Gasteiger partial charge in [-0.3, -0.25) is 0 Å². The van der Waals surface area contributed by atoms with E-state index in [4.69, 9.17) is 5.26 Å². The van der Waals surface area contributed by atoms with Crippen molar-refractivity contribution in [3.05, 3.63) is 35.4 Å². The molecule has 3 nitrogen and oxygen atoms in total. The molecule has 0 atom stereocenters. The Morgan fingerprint density at radius 2 is 2.17 bits per heavy atom. The normalized spacial score (nSPS) is 10.9. The van der Waals surface area contributed by atoms with Crippen LogP contribution in [0.4, 0.5) is 0 Å². The van der Waals surface area contributed by atoms with E-state index in [1.807, 2.05) is 18.2 Å². The first-order valence-corrected chi connectivity index (χ1v) is 6.53. The summed E-state index contributed by atoms with van der Waals surface area (Å²) in [6.07, 6.45) is 1.15. The maximum Gasteiger partial charge on any atom is 0.0991 e. The van der Waals surface area contributed by atoms with E-state index in [9.17, 15) is 0 Å². The molecule has 0 aromatic heterocycles. The van der Waals surface area contributed by atoms with Crippen molar-refractivity contribution in [3.63, 3.8) is 0 Å². The monoisotopic (exact) mass is 245 g/mol. The molecule has 0 aliphatic carbocycles. The van der Waals surface area contributed by atoms with Crippen LogP contribution in [0.15, 0.2) is 24.3 Å². The van der Waals surface area contributed by atoms with Crippen LogP contribution < -0.4 is 5.32 Å². The Labute approximate surface area is 110 Å². The summed E-state index contributed by atoms with van der Waals surface area (Å²) in [5.74, 6) is 0. The number of nitrogens with one attached hydrogen (secondary N) is 1. The highest BCUT2D eigenvalue weighted by atomic mass is 15.1. The summed E-state index contributed by atoms with van der Waals surface area (Å²) >= 11 is 0. The van der Waals surface area contributed by atoms with Gasteiger partial charge in [0.25, 0.3) is 0 Å². The second-order valence-corrected chi connectivity index (χ2v) is 5.01. The first-order valence-electron chi connectivity index (χ1n) is 6.53. The van der Waals surface area contributed by atoms with E-state index in [0.717, 1.165) is 31.6 Å². The SMILES string of the molecule is CC(C)NCCCN(C)Cc1cccc(C#N)c1. The van der Waals surface area contributed by atoms with Gasteiger partial charge in [-0.05, 0) is 44.3 Å². The van der Waals surface area contributed by atoms with Gasteiger partial charge in [-0.1, -0.05) is 26.0 Å². The van der Waals surface area contributed by atoms with Crippen molar-refractivity contribution in [1.82, 2.24) is 10.2 Å². The van der Waals surface area contributed by atoms with Crippen LogP contribution in [0.2, 0.25) is 0 Å². The molecule has 1 N–H and O–H groups in total. The molecule has 0 aliphatic heterocycles. The Bertz CT molecular complexity index is 393. The molecule has 0 spiro atoms. The molecule has 0 saturated carbocycles. The maximum atomic E-state index is 8.85. The van der Waals surface area contributed by atoms with Crippen LogP contribution in [0, 0.1) is 11.3 Å². The maximum absolute atomic E-state index is 8.85. The van der Waals surface area contributed by atoms with Gasteiger partial charge < -0.3 is 10.2 Å². The molecule has 1 rings (SSSR count). The molecule has 0 bridgehead atoms. The van der Waals surface area contributed by atoms with Crippen LogP contribution in [0.25, 0.3) is 0 Å². The molecular weight excluding hydrogens is 222 g/mol. The van der Waals surface area contributed by atoms with Crippen LogP contribution >= 0.6 is 0 Å². The molecule has 0 aliphatic rings. The third-order valence-corrected chi connectivity index (χ3v) is 2.78. The Balaban J connectivity index is 2.31. The molecule has 18 heavy (non-hydrogen) atoms. The molecular formula is C15H23N3. The fourth-order valence-corrected chi connectivity index (χ4v) is 1.87. The van der Waals surface area contributed by atoms with Gasteiger partial charge in [0.15, 0.2) is 0 Å². The zero-order chi connectivity index (χ0) is 13.4. The molecule has 0 radical (unpaired) electrons. The average molecular weight is 245 g/mol. The minimum absolute atomic E-state index is 0.558. The van der Waals surface area contributed by atoms with Gasteiger partial charge in [-0.25, -0.2) is 0 Å². The fraction of sp³-hybridized carbons (Fsp3) is 0.533. The first kappa shape index (κ1) is 14.7. The van der Waals surface area contributed by atoms with Gasteiger partial charge in [0.2, 0.25) is 0 Å². The second-order valence-electron chi connectivity index (χ2n) is 5.01. The van der Waals surface area contributed by atoms with E-state index in [2.05, 4.69) is 43.2 Å². The second kappa shape index (κ2) is 7.86. The van der Waals surface area contributed by atoms with Crippen LogP contribution in [-0.2, 0) is 6.54 Å². The molecule has 3 heteroatoms. The number of nitriles is 1. The minimum atomic E-state index is 0.558. The number of benzene rings is 1. The van der Waals surface area contributed by atoms with Crippen LogP contribution in [-0.4, -0.2) is 31.1 Å². The first-order chi connectivity index (χ1) is 8.61. The zero-order valence-corrected chi connectivity index (χ0v) is 11.6. The van der Waals surface area contributed by atoms with E-state index in [1.54, 1.807) is 0 Å². The summed E-state index contributed by atoms with van der Waals surface area (Å²) in [6.45, 7) is 7.35. The summed E-state index contributed by atoms with van der Waals surface area (Å²) in [5.41, 5.74) is 1.94. The highest BCUT2D eigenvalue weighted by Crippen LogP contribution is 2.06. The van der Waals surface area contributed by atoms with Crippen molar-refractivity contribution in [3.8, 4) is 6.07 Å². The van der Waals surface area contributed by atoms with Gasteiger partial charge in [0.1, 0.15) is 0 Å². The van der Waals surface area contributed by atoms with Gasteiger partial charge in [-0.2, -0.15) is 5.26 Å². The Kier molecular flexibility index (Phi) is 6.42. The number of hydrogen-bond donors (Lipinski definition) is 1. The smallest absolute Gasteiger partial charge is 0.0991 e. The van der Waals surface area contributed by atoms with Crippen LogP contribution in [0.5, 0.6) is 0 Å². The van der Waals surface area contributed by atoms with Crippen molar-refractivity contribution >= 4 is 0 Å². The molecule has 0 amide bonds. The molecule has 0 saturated heterocycles. The van der Waals surface area contributed by atoms with E-state index in [0.29, 0.717) is 6.04 Å². The molecule has 1 aromatic carbocycles. The van der Waals surface area contributed by atoms with Crippen molar-refractivity contribution in [2.75, 3.05) is 20.1 Å². The highest BCUT2D eigenvalue weighted by molar-refractivity contribution is 5.32. The lowest BCUT2D eigenvalue weighted by Gasteiger charge is -2.17. The Morgan fingerprint density at radius 1 is 1.39 bits per heavy atom. The lowest BCUT2D eigenvalue weighted by atomic mass is 10.1. The molecule has 98 valence electrons. The fourth-order valence-electron chi connectivity index (χ4n) is 1.87. The molecule has 0 fully saturated rings. The van der Waals surface area contributed by atoms with E-state index in [1.165, 1.54) is 5.56 Å². The van der Waals surface area contributed by atoms with Crippen LogP contribution in [0.1, 0.15) is 31.4 Å². The van der Waals surface area contributed by atoms with Crippen LogP contribution in [0.3, 0.4) is 0 Å². The number of hydrogen-bond acceptors (Lipinski definition) is 3. The summed E-state index contributed by atoms with van der Waals surface area (Å²) < 4.78 is 0. The van der Waals surface area contributed by atoms with Crippen molar-refractivity contribution < 1.29 is 0 Å². The minimum Gasteiger partial charge on any atom is -0.314 e. The van der Waals surface area contributed by atoms with E-state index in [-0.39, 0.29) is 0 Å². The summed E-state index contributed by atoms with van der Waals surface area (Å²) in [7, 11) is 2.12. The predicted molar refractivity (Wildman–Crippen MR) is 75.2 cm³/mol. The van der Waals surface area contributed by atoms with Gasteiger partial charge in [0.05, 0.1) is 11.6 Å². The lowest BCUT2D eigenvalue weighted by molar-refractivity contribution is 0.318. The summed E-state index contributed by atoms with van der Waals surface area (Å²) in [6, 6.07) is 10.6. The Morgan fingerprint density at radius 3 is 2.83 bits per heavy atom. The van der Waals surface area contributed by atoms with Gasteiger partial charge in [-0.15, -0.1) is 0 Å². The molecule has 1 aromatic rings. The molecule has 0 unspecified atom stereocenters. The van der Waals surface area contributed by atoms with E-state index < -0.39 is 0 Å². The van der Waals surface area contributed by atoms with Gasteiger partial charge in [0, 0.05) is 12.6 Å². The third-order valence-electron chi connectivity index (χ3n) is 2.78. The summed E-state index contributed by atoms with van der Waals surface area (Å²) in [4.78, 5) is 2.29. The van der Waals surface area contributed by atoms with Gasteiger partial charge >= 0.3 is 0 Å². The number of nitrogens with zero attached hydrogens (tertiary/aromatic N) is 2. The van der Waals surface area contributed by atoms with E-state index >= 15 is 0 Å².